The molecule has 2 atom stereocenters. The first-order valence-corrected chi connectivity index (χ1v) is 8.77. The molecule has 0 radical (unpaired) electrons. The van der Waals surface area contributed by atoms with E-state index in [2.05, 4.69) is 5.32 Å². The lowest BCUT2D eigenvalue weighted by Crippen LogP contribution is -2.46. The van der Waals surface area contributed by atoms with Gasteiger partial charge < -0.3 is 19.1 Å². The van der Waals surface area contributed by atoms with Gasteiger partial charge in [-0.1, -0.05) is 18.2 Å². The minimum atomic E-state index is -0.487. The summed E-state index contributed by atoms with van der Waals surface area (Å²) >= 11 is 0. The van der Waals surface area contributed by atoms with E-state index in [0.717, 1.165) is 17.4 Å². The van der Waals surface area contributed by atoms with Crippen LogP contribution >= 0.6 is 0 Å². The van der Waals surface area contributed by atoms with E-state index in [4.69, 9.17) is 8.83 Å². The maximum atomic E-state index is 12.8. The van der Waals surface area contributed by atoms with Crippen molar-refractivity contribution in [1.82, 2.24) is 10.2 Å². The van der Waals surface area contributed by atoms with E-state index in [1.54, 1.807) is 17.0 Å². The van der Waals surface area contributed by atoms with Gasteiger partial charge in [-0.05, 0) is 44.0 Å². The molecule has 26 heavy (non-hydrogen) atoms. The second-order valence-electron chi connectivity index (χ2n) is 6.55. The highest BCUT2D eigenvalue weighted by atomic mass is 16.3. The van der Waals surface area contributed by atoms with Gasteiger partial charge >= 0.3 is 0 Å². The van der Waals surface area contributed by atoms with Crippen molar-refractivity contribution < 1.29 is 18.4 Å². The number of fused-ring (bicyclic) bond motifs is 1. The Bertz CT molecular complexity index is 895. The van der Waals surface area contributed by atoms with Gasteiger partial charge in [0.1, 0.15) is 17.4 Å². The first-order chi connectivity index (χ1) is 12.6. The van der Waals surface area contributed by atoms with E-state index < -0.39 is 6.04 Å². The monoisotopic (exact) mass is 352 g/mol. The zero-order valence-corrected chi connectivity index (χ0v) is 14.5. The van der Waals surface area contributed by atoms with Gasteiger partial charge in [-0.25, -0.2) is 0 Å². The summed E-state index contributed by atoms with van der Waals surface area (Å²) in [7, 11) is 0. The fraction of sp³-hybridized carbons (Fsp3) is 0.300. The van der Waals surface area contributed by atoms with Gasteiger partial charge in [0.25, 0.3) is 5.91 Å². The number of benzene rings is 1. The van der Waals surface area contributed by atoms with E-state index in [1.807, 2.05) is 37.3 Å². The van der Waals surface area contributed by atoms with Crippen molar-refractivity contribution in [2.24, 2.45) is 0 Å². The molecule has 134 valence electrons. The molecule has 1 aromatic carbocycles. The maximum absolute atomic E-state index is 12.8. The molecule has 0 spiro atoms. The Labute approximate surface area is 150 Å². The molecule has 6 nitrogen and oxygen atoms in total. The maximum Gasteiger partial charge on any atom is 0.290 e. The number of para-hydroxylation sites is 1. The summed E-state index contributed by atoms with van der Waals surface area (Å²) in [6.45, 7) is 2.43. The van der Waals surface area contributed by atoms with Crippen molar-refractivity contribution in [1.29, 1.82) is 0 Å². The third-order valence-corrected chi connectivity index (χ3v) is 4.78. The normalized spacial score (nSPS) is 18.2. The Balaban J connectivity index is 1.47. The van der Waals surface area contributed by atoms with E-state index in [9.17, 15) is 9.59 Å². The Morgan fingerprint density at radius 1 is 1.23 bits per heavy atom. The second kappa shape index (κ2) is 6.71. The molecule has 2 amide bonds. The van der Waals surface area contributed by atoms with Crippen molar-refractivity contribution in [2.45, 2.75) is 31.8 Å². The fourth-order valence-electron chi connectivity index (χ4n) is 3.42. The third kappa shape index (κ3) is 2.98. The number of hydrogen-bond acceptors (Lipinski definition) is 4. The highest BCUT2D eigenvalue weighted by Gasteiger charge is 2.36. The van der Waals surface area contributed by atoms with Crippen LogP contribution in [0.3, 0.4) is 0 Å². The van der Waals surface area contributed by atoms with Gasteiger partial charge in [0.15, 0.2) is 5.76 Å². The highest BCUT2D eigenvalue weighted by molar-refractivity contribution is 5.96. The van der Waals surface area contributed by atoms with Crippen molar-refractivity contribution in [2.75, 3.05) is 6.54 Å². The summed E-state index contributed by atoms with van der Waals surface area (Å²) in [6.07, 6.45) is 2.90. The SMILES string of the molecule is C[C@@H](NC(=O)[C@@H]1CCCN1C(=O)c1ccco1)c1cc2ccccc2o1. The van der Waals surface area contributed by atoms with Gasteiger partial charge in [0.05, 0.1) is 12.3 Å². The molecule has 1 N–H and O–H groups in total. The molecule has 3 aromatic rings. The Kier molecular flexibility index (Phi) is 4.24. The van der Waals surface area contributed by atoms with Crippen LogP contribution in [0.2, 0.25) is 0 Å². The van der Waals surface area contributed by atoms with Gasteiger partial charge in [-0.15, -0.1) is 0 Å². The molecule has 1 fully saturated rings. The second-order valence-corrected chi connectivity index (χ2v) is 6.55. The number of furan rings is 2. The van der Waals surface area contributed by atoms with Crippen molar-refractivity contribution in [3.63, 3.8) is 0 Å². The van der Waals surface area contributed by atoms with E-state index in [1.165, 1.54) is 6.26 Å². The number of carbonyl (C=O) groups is 2. The Morgan fingerprint density at radius 3 is 2.85 bits per heavy atom. The number of nitrogens with one attached hydrogen (secondary N) is 1. The van der Waals surface area contributed by atoms with Gasteiger partial charge in [0, 0.05) is 11.9 Å². The van der Waals surface area contributed by atoms with Crippen LogP contribution in [0.4, 0.5) is 0 Å². The first-order valence-electron chi connectivity index (χ1n) is 8.77. The van der Waals surface area contributed by atoms with Crippen LogP contribution in [-0.2, 0) is 4.79 Å². The minimum Gasteiger partial charge on any atom is -0.459 e. The fourth-order valence-corrected chi connectivity index (χ4v) is 3.42. The lowest BCUT2D eigenvalue weighted by atomic mass is 10.1. The van der Waals surface area contributed by atoms with Crippen LogP contribution in [-0.4, -0.2) is 29.3 Å². The van der Waals surface area contributed by atoms with Gasteiger partial charge in [0.2, 0.25) is 5.91 Å². The molecular weight excluding hydrogens is 332 g/mol. The zero-order chi connectivity index (χ0) is 18.1. The summed E-state index contributed by atoms with van der Waals surface area (Å²) in [5, 5.41) is 3.97. The predicted octanol–water partition coefficient (Wildman–Crippen LogP) is 3.51. The molecule has 0 unspecified atom stereocenters. The summed E-state index contributed by atoms with van der Waals surface area (Å²) in [5.41, 5.74) is 0.791. The molecule has 3 heterocycles. The van der Waals surface area contributed by atoms with Crippen LogP contribution in [0, 0.1) is 0 Å². The van der Waals surface area contributed by atoms with Crippen molar-refractivity contribution in [3.05, 3.63) is 60.2 Å². The number of likely N-dealkylation sites (tertiary alicyclic amines) is 1. The average Bonchev–Trinajstić information content (AvgIpc) is 3.40. The first kappa shape index (κ1) is 16.4. The molecule has 0 aliphatic carbocycles. The van der Waals surface area contributed by atoms with Crippen molar-refractivity contribution in [3.8, 4) is 0 Å². The van der Waals surface area contributed by atoms with Gasteiger partial charge in [-0.3, -0.25) is 9.59 Å². The van der Waals surface area contributed by atoms with E-state index in [0.29, 0.717) is 18.7 Å². The molecule has 1 saturated heterocycles. The topological polar surface area (TPSA) is 75.7 Å². The number of nitrogens with zero attached hydrogens (tertiary/aromatic N) is 1. The molecule has 0 bridgehead atoms. The number of rotatable bonds is 4. The van der Waals surface area contributed by atoms with E-state index >= 15 is 0 Å². The Hall–Kier alpha value is -3.02. The van der Waals surface area contributed by atoms with Crippen molar-refractivity contribution >= 4 is 22.8 Å². The summed E-state index contributed by atoms with van der Waals surface area (Å²) in [4.78, 5) is 26.9. The lowest BCUT2D eigenvalue weighted by Gasteiger charge is -2.24. The van der Waals surface area contributed by atoms with Crippen LogP contribution in [0.25, 0.3) is 11.0 Å². The number of hydrogen-bond donors (Lipinski definition) is 1. The molecule has 1 aliphatic heterocycles. The smallest absolute Gasteiger partial charge is 0.290 e. The third-order valence-electron chi connectivity index (χ3n) is 4.78. The minimum absolute atomic E-state index is 0.171. The number of amides is 2. The standard InChI is InChI=1S/C20H20N2O4/c1-13(18-12-14-6-2-3-8-16(14)26-18)21-19(23)15-7-4-10-22(15)20(24)17-9-5-11-25-17/h2-3,5-6,8-9,11-13,15H,4,7,10H2,1H3,(H,21,23)/t13-,15+/m1/s1. The number of carbonyl (C=O) groups excluding carboxylic acids is 2. The lowest BCUT2D eigenvalue weighted by molar-refractivity contribution is -0.125. The van der Waals surface area contributed by atoms with Crippen LogP contribution in [0.15, 0.2) is 57.6 Å². The summed E-state index contributed by atoms with van der Waals surface area (Å²) in [6, 6.07) is 12.2. The molecule has 1 aliphatic rings. The quantitative estimate of drug-likeness (QED) is 0.780. The molecular formula is C20H20N2O4. The molecule has 0 saturated carbocycles. The molecule has 2 aromatic heterocycles. The van der Waals surface area contributed by atoms with E-state index in [-0.39, 0.29) is 23.6 Å². The summed E-state index contributed by atoms with van der Waals surface area (Å²) < 4.78 is 11.0. The molecule has 4 rings (SSSR count). The largest absolute Gasteiger partial charge is 0.459 e. The molecule has 6 heteroatoms. The van der Waals surface area contributed by atoms with Gasteiger partial charge in [-0.2, -0.15) is 0 Å². The zero-order valence-electron chi connectivity index (χ0n) is 14.5. The average molecular weight is 352 g/mol. The van der Waals surface area contributed by atoms with Crippen LogP contribution in [0.1, 0.15) is 42.1 Å². The Morgan fingerprint density at radius 2 is 2.08 bits per heavy atom. The summed E-state index contributed by atoms with van der Waals surface area (Å²) in [5.74, 6) is 0.538. The van der Waals surface area contributed by atoms with Crippen LogP contribution in [0.5, 0.6) is 0 Å². The predicted molar refractivity (Wildman–Crippen MR) is 95.5 cm³/mol. The van der Waals surface area contributed by atoms with Crippen LogP contribution < -0.4 is 5.32 Å². The highest BCUT2D eigenvalue weighted by Crippen LogP contribution is 2.25.